The van der Waals surface area contributed by atoms with E-state index in [-0.39, 0.29) is 12.3 Å². The lowest BCUT2D eigenvalue weighted by atomic mass is 9.91. The molecule has 0 spiro atoms. The fraction of sp³-hybridized carbons (Fsp3) is 0.391. The number of imidazole rings is 1. The van der Waals surface area contributed by atoms with E-state index in [1.54, 1.807) is 12.3 Å². The summed E-state index contributed by atoms with van der Waals surface area (Å²) in [6.45, 7) is 4.57. The Hall–Kier alpha value is -2.83. The topological polar surface area (TPSA) is 46.4 Å². The van der Waals surface area contributed by atoms with Gasteiger partial charge in [0.25, 0.3) is 0 Å². The van der Waals surface area contributed by atoms with Crippen molar-refractivity contribution in [2.75, 3.05) is 6.54 Å². The third-order valence-electron chi connectivity index (χ3n) is 5.22. The average molecular weight is 417 g/mol. The first kappa shape index (κ1) is 21.9. The molecule has 7 heteroatoms. The van der Waals surface area contributed by atoms with Crippen molar-refractivity contribution in [3.63, 3.8) is 0 Å². The van der Waals surface area contributed by atoms with Crippen LogP contribution in [0.4, 0.5) is 13.2 Å². The zero-order valence-corrected chi connectivity index (χ0v) is 17.2. The number of aromatic nitrogens is 2. The molecule has 3 aromatic rings. The second-order valence-corrected chi connectivity index (χ2v) is 7.50. The second-order valence-electron chi connectivity index (χ2n) is 7.50. The molecule has 0 aliphatic rings. The van der Waals surface area contributed by atoms with Crippen LogP contribution in [0.3, 0.4) is 0 Å². The SMILES string of the molecule is CCCCCNC(=O)CC(c1cccc(C(F)(F)F)c1)c1cnc2c(C)cccn12. The van der Waals surface area contributed by atoms with Gasteiger partial charge in [-0.1, -0.05) is 44.0 Å². The predicted molar refractivity (Wildman–Crippen MR) is 110 cm³/mol. The lowest BCUT2D eigenvalue weighted by molar-refractivity contribution is -0.137. The van der Waals surface area contributed by atoms with Gasteiger partial charge in [0.15, 0.2) is 0 Å². The van der Waals surface area contributed by atoms with E-state index in [9.17, 15) is 18.0 Å². The van der Waals surface area contributed by atoms with E-state index in [1.165, 1.54) is 6.07 Å². The highest BCUT2D eigenvalue weighted by Crippen LogP contribution is 2.34. The smallest absolute Gasteiger partial charge is 0.356 e. The highest BCUT2D eigenvalue weighted by Gasteiger charge is 2.32. The van der Waals surface area contributed by atoms with E-state index in [0.717, 1.165) is 42.6 Å². The molecule has 1 atom stereocenters. The van der Waals surface area contributed by atoms with E-state index in [2.05, 4.69) is 17.2 Å². The van der Waals surface area contributed by atoms with Gasteiger partial charge in [0.05, 0.1) is 11.3 Å². The van der Waals surface area contributed by atoms with Gasteiger partial charge in [-0.3, -0.25) is 4.79 Å². The van der Waals surface area contributed by atoms with Gasteiger partial charge in [-0.05, 0) is 36.6 Å². The van der Waals surface area contributed by atoms with Gasteiger partial charge < -0.3 is 9.72 Å². The first-order valence-corrected chi connectivity index (χ1v) is 10.2. The molecule has 1 N–H and O–H groups in total. The highest BCUT2D eigenvalue weighted by molar-refractivity contribution is 5.77. The van der Waals surface area contributed by atoms with Gasteiger partial charge in [-0.15, -0.1) is 0 Å². The quantitative estimate of drug-likeness (QED) is 0.493. The molecular formula is C23H26F3N3O. The number of carbonyl (C=O) groups excluding carboxylic acids is 1. The van der Waals surface area contributed by atoms with Crippen molar-refractivity contribution in [3.8, 4) is 0 Å². The fourth-order valence-corrected chi connectivity index (χ4v) is 3.61. The summed E-state index contributed by atoms with van der Waals surface area (Å²) in [5.41, 5.74) is 2.09. The molecule has 4 nitrogen and oxygen atoms in total. The maximum Gasteiger partial charge on any atom is 0.416 e. The molecule has 0 aliphatic heterocycles. The normalized spacial score (nSPS) is 12.8. The molecule has 0 fully saturated rings. The molecule has 1 unspecified atom stereocenters. The number of carbonyl (C=O) groups is 1. The average Bonchev–Trinajstić information content (AvgIpc) is 3.14. The first-order valence-electron chi connectivity index (χ1n) is 10.2. The number of benzene rings is 1. The Balaban J connectivity index is 1.97. The number of hydrogen-bond donors (Lipinski definition) is 1. The molecule has 1 amide bonds. The van der Waals surface area contributed by atoms with Crippen LogP contribution >= 0.6 is 0 Å². The zero-order valence-electron chi connectivity index (χ0n) is 17.2. The summed E-state index contributed by atoms with van der Waals surface area (Å²) < 4.78 is 41.7. The maximum absolute atomic E-state index is 13.3. The van der Waals surface area contributed by atoms with Crippen molar-refractivity contribution in [2.45, 2.75) is 51.6 Å². The summed E-state index contributed by atoms with van der Waals surface area (Å²) in [6, 6.07) is 8.99. The molecule has 2 aromatic heterocycles. The van der Waals surface area contributed by atoms with Gasteiger partial charge >= 0.3 is 6.18 Å². The number of aryl methyl sites for hydroxylation is 1. The third kappa shape index (κ3) is 5.01. The number of halogens is 3. The highest BCUT2D eigenvalue weighted by atomic mass is 19.4. The van der Waals surface area contributed by atoms with Gasteiger partial charge in [-0.2, -0.15) is 13.2 Å². The van der Waals surface area contributed by atoms with Crippen molar-refractivity contribution >= 4 is 11.6 Å². The Bertz CT molecular complexity index is 1010. The third-order valence-corrected chi connectivity index (χ3v) is 5.22. The Labute approximate surface area is 174 Å². The van der Waals surface area contributed by atoms with Crippen molar-refractivity contribution in [2.24, 2.45) is 0 Å². The Morgan fingerprint density at radius 1 is 1.20 bits per heavy atom. The van der Waals surface area contributed by atoms with Crippen LogP contribution in [0.5, 0.6) is 0 Å². The van der Waals surface area contributed by atoms with Crippen LogP contribution in [0.1, 0.15) is 60.9 Å². The van der Waals surface area contributed by atoms with E-state index in [1.807, 2.05) is 29.7 Å². The number of amides is 1. The Morgan fingerprint density at radius 2 is 2.00 bits per heavy atom. The van der Waals surface area contributed by atoms with Crippen molar-refractivity contribution in [1.82, 2.24) is 14.7 Å². The molecule has 30 heavy (non-hydrogen) atoms. The molecule has 1 aromatic carbocycles. The summed E-state index contributed by atoms with van der Waals surface area (Å²) in [6.07, 6.45) is 2.02. The van der Waals surface area contributed by atoms with Crippen LogP contribution in [-0.2, 0) is 11.0 Å². The lowest BCUT2D eigenvalue weighted by Crippen LogP contribution is -2.26. The number of unbranched alkanes of at least 4 members (excludes halogenated alkanes) is 2. The molecule has 160 valence electrons. The summed E-state index contributed by atoms with van der Waals surface area (Å²) in [4.78, 5) is 17.0. The van der Waals surface area contributed by atoms with Crippen LogP contribution in [0, 0.1) is 6.92 Å². The summed E-state index contributed by atoms with van der Waals surface area (Å²) in [5, 5.41) is 2.89. The van der Waals surface area contributed by atoms with Crippen LogP contribution in [0.15, 0.2) is 48.8 Å². The number of hydrogen-bond acceptors (Lipinski definition) is 2. The summed E-state index contributed by atoms with van der Waals surface area (Å²) in [7, 11) is 0. The van der Waals surface area contributed by atoms with Crippen molar-refractivity contribution in [1.29, 1.82) is 0 Å². The molecule has 0 bridgehead atoms. The number of pyridine rings is 1. The minimum absolute atomic E-state index is 0.0508. The minimum Gasteiger partial charge on any atom is -0.356 e. The van der Waals surface area contributed by atoms with Crippen LogP contribution < -0.4 is 5.32 Å². The van der Waals surface area contributed by atoms with Gasteiger partial charge in [0.2, 0.25) is 5.91 Å². The summed E-state index contributed by atoms with van der Waals surface area (Å²) in [5.74, 6) is -0.730. The van der Waals surface area contributed by atoms with E-state index in [0.29, 0.717) is 17.8 Å². The van der Waals surface area contributed by atoms with Crippen molar-refractivity contribution in [3.05, 3.63) is 71.2 Å². The first-order chi connectivity index (χ1) is 14.3. The van der Waals surface area contributed by atoms with Gasteiger partial charge in [0, 0.05) is 31.3 Å². The molecule has 0 radical (unpaired) electrons. The Kier molecular flexibility index (Phi) is 6.80. The maximum atomic E-state index is 13.3. The number of nitrogens with one attached hydrogen (secondary N) is 1. The monoisotopic (exact) mass is 417 g/mol. The standard InChI is InChI=1S/C23H26F3N3O/c1-3-4-5-11-27-21(30)14-19(17-9-6-10-18(13-17)23(24,25)26)20-15-28-22-16(2)8-7-12-29(20)22/h6-10,12-13,15,19H,3-5,11,14H2,1-2H3,(H,27,30). The summed E-state index contributed by atoms with van der Waals surface area (Å²) >= 11 is 0. The van der Waals surface area contributed by atoms with Crippen LogP contribution in [0.2, 0.25) is 0 Å². The van der Waals surface area contributed by atoms with Crippen LogP contribution in [-0.4, -0.2) is 21.8 Å². The van der Waals surface area contributed by atoms with Gasteiger partial charge in [-0.25, -0.2) is 4.98 Å². The predicted octanol–water partition coefficient (Wildman–Crippen LogP) is 5.49. The van der Waals surface area contributed by atoms with Gasteiger partial charge in [0.1, 0.15) is 5.65 Å². The molecule has 0 saturated carbocycles. The van der Waals surface area contributed by atoms with Crippen molar-refractivity contribution < 1.29 is 18.0 Å². The minimum atomic E-state index is -4.45. The zero-order chi connectivity index (χ0) is 21.7. The van der Waals surface area contributed by atoms with E-state index < -0.39 is 17.7 Å². The molecular weight excluding hydrogens is 391 g/mol. The van der Waals surface area contributed by atoms with E-state index >= 15 is 0 Å². The fourth-order valence-electron chi connectivity index (χ4n) is 3.61. The number of alkyl halides is 3. The number of nitrogens with zero attached hydrogens (tertiary/aromatic N) is 2. The Morgan fingerprint density at radius 3 is 2.73 bits per heavy atom. The molecule has 0 saturated heterocycles. The van der Waals surface area contributed by atoms with Crippen LogP contribution in [0.25, 0.3) is 5.65 Å². The van der Waals surface area contributed by atoms with E-state index in [4.69, 9.17) is 0 Å². The lowest BCUT2D eigenvalue weighted by Gasteiger charge is -2.19. The molecule has 2 heterocycles. The molecule has 3 rings (SSSR count). The second kappa shape index (κ2) is 9.32. The number of fused-ring (bicyclic) bond motifs is 1. The number of rotatable bonds is 8. The largest absolute Gasteiger partial charge is 0.416 e. The molecule has 0 aliphatic carbocycles.